The summed E-state index contributed by atoms with van der Waals surface area (Å²) in [5.41, 5.74) is 5.67. The van der Waals surface area contributed by atoms with Crippen molar-refractivity contribution in [2.75, 3.05) is 6.54 Å². The lowest BCUT2D eigenvalue weighted by atomic mass is 10.1. The van der Waals surface area contributed by atoms with Gasteiger partial charge in [-0.15, -0.1) is 0 Å². The molecule has 0 saturated carbocycles. The molecule has 6 heteroatoms. The molecule has 0 aliphatic carbocycles. The Morgan fingerprint density at radius 2 is 1.75 bits per heavy atom. The van der Waals surface area contributed by atoms with Gasteiger partial charge in [0, 0.05) is 23.3 Å². The van der Waals surface area contributed by atoms with Crippen LogP contribution < -0.4 is 5.32 Å². The molecule has 0 radical (unpaired) electrons. The molecule has 4 nitrogen and oxygen atoms in total. The molecule has 4 rings (SSSR count). The molecule has 0 aliphatic rings. The van der Waals surface area contributed by atoms with Crippen molar-refractivity contribution in [2.24, 2.45) is 0 Å². The molecule has 1 heterocycles. The molecule has 0 bridgehead atoms. The maximum absolute atomic E-state index is 12.7. The van der Waals surface area contributed by atoms with Gasteiger partial charge >= 0.3 is 0 Å². The van der Waals surface area contributed by atoms with Gasteiger partial charge in [-0.25, -0.2) is 0 Å². The number of aryl methyl sites for hydroxylation is 1. The summed E-state index contributed by atoms with van der Waals surface area (Å²) in [5.74, 6) is -0.212. The second kappa shape index (κ2) is 10.0. The van der Waals surface area contributed by atoms with Gasteiger partial charge in [0.25, 0.3) is 5.91 Å². The summed E-state index contributed by atoms with van der Waals surface area (Å²) in [6, 6.07) is 21.5. The molecule has 0 spiro atoms. The van der Waals surface area contributed by atoms with Crippen LogP contribution in [0.25, 0.3) is 11.1 Å². The summed E-state index contributed by atoms with van der Waals surface area (Å²) in [6.07, 6.45) is 4.42. The Morgan fingerprint density at radius 3 is 2.53 bits per heavy atom. The van der Waals surface area contributed by atoms with Crippen molar-refractivity contribution in [1.29, 1.82) is 0 Å². The predicted octanol–water partition coefficient (Wildman–Crippen LogP) is 6.19. The highest BCUT2D eigenvalue weighted by Crippen LogP contribution is 2.25. The van der Waals surface area contributed by atoms with Crippen LogP contribution in [0, 0.1) is 6.92 Å². The van der Waals surface area contributed by atoms with Crippen LogP contribution in [-0.4, -0.2) is 22.2 Å². The van der Waals surface area contributed by atoms with Gasteiger partial charge in [0.15, 0.2) is 0 Å². The van der Waals surface area contributed by atoms with Crippen LogP contribution in [0.4, 0.5) is 0 Å². The monoisotopic (exact) mass is 463 g/mol. The largest absolute Gasteiger partial charge is 0.352 e. The van der Waals surface area contributed by atoms with Crippen LogP contribution >= 0.6 is 23.2 Å². The van der Waals surface area contributed by atoms with E-state index in [9.17, 15) is 4.79 Å². The molecule has 0 atom stereocenters. The first kappa shape index (κ1) is 22.1. The van der Waals surface area contributed by atoms with E-state index >= 15 is 0 Å². The maximum atomic E-state index is 12.7. The molecule has 0 unspecified atom stereocenters. The van der Waals surface area contributed by atoms with Crippen LogP contribution in [0.5, 0.6) is 0 Å². The first-order valence-corrected chi connectivity index (χ1v) is 11.1. The van der Waals surface area contributed by atoms with E-state index in [2.05, 4.69) is 41.6 Å². The average molecular weight is 464 g/mol. The highest BCUT2D eigenvalue weighted by atomic mass is 35.5. The normalized spacial score (nSPS) is 10.8. The molecule has 0 aliphatic heterocycles. The maximum Gasteiger partial charge on any atom is 0.252 e. The Labute approximate surface area is 197 Å². The quantitative estimate of drug-likeness (QED) is 0.355. The number of carbonyl (C=O) groups is 1. The van der Waals surface area contributed by atoms with E-state index in [4.69, 9.17) is 23.2 Å². The topological polar surface area (TPSA) is 46.9 Å². The number of carbonyl (C=O) groups excluding carboxylic acids is 1. The number of halogens is 2. The fourth-order valence-corrected chi connectivity index (χ4v) is 3.90. The summed E-state index contributed by atoms with van der Waals surface area (Å²) in [6.45, 7) is 3.22. The summed E-state index contributed by atoms with van der Waals surface area (Å²) < 4.78 is 1.89. The van der Waals surface area contributed by atoms with E-state index in [1.165, 1.54) is 11.1 Å². The Hall–Kier alpha value is -3.08. The van der Waals surface area contributed by atoms with Crippen molar-refractivity contribution in [3.05, 3.63) is 111 Å². The minimum Gasteiger partial charge on any atom is -0.352 e. The van der Waals surface area contributed by atoms with E-state index in [0.717, 1.165) is 16.7 Å². The summed E-state index contributed by atoms with van der Waals surface area (Å²) >= 11 is 12.5. The molecular formula is C26H23Cl2N3O. The minimum absolute atomic E-state index is 0.212. The predicted molar refractivity (Wildman–Crippen MR) is 130 cm³/mol. The molecule has 3 aromatic carbocycles. The zero-order chi connectivity index (χ0) is 22.5. The number of rotatable bonds is 7. The number of hydrogen-bond donors (Lipinski definition) is 1. The first-order chi connectivity index (χ1) is 15.5. The molecule has 0 saturated heterocycles. The number of nitrogens with one attached hydrogen (secondary N) is 1. The Balaban J connectivity index is 1.44. The second-order valence-corrected chi connectivity index (χ2v) is 8.52. The third-order valence-electron chi connectivity index (χ3n) is 5.28. The molecule has 1 aromatic heterocycles. The van der Waals surface area contributed by atoms with Gasteiger partial charge in [0.05, 0.1) is 23.3 Å². The van der Waals surface area contributed by atoms with Crippen molar-refractivity contribution >= 4 is 29.1 Å². The van der Waals surface area contributed by atoms with Gasteiger partial charge in [0.2, 0.25) is 0 Å². The van der Waals surface area contributed by atoms with Crippen LogP contribution in [-0.2, 0) is 13.0 Å². The van der Waals surface area contributed by atoms with Crippen LogP contribution in [0.1, 0.15) is 27.0 Å². The van der Waals surface area contributed by atoms with Crippen LogP contribution in [0.3, 0.4) is 0 Å². The van der Waals surface area contributed by atoms with Crippen molar-refractivity contribution < 1.29 is 4.79 Å². The van der Waals surface area contributed by atoms with Gasteiger partial charge in [0.1, 0.15) is 0 Å². The average Bonchev–Trinajstić information content (AvgIpc) is 3.25. The fourth-order valence-electron chi connectivity index (χ4n) is 3.47. The highest BCUT2D eigenvalue weighted by Gasteiger charge is 2.13. The smallest absolute Gasteiger partial charge is 0.252 e. The van der Waals surface area contributed by atoms with E-state index in [1.54, 1.807) is 18.3 Å². The van der Waals surface area contributed by atoms with Crippen molar-refractivity contribution in [3.8, 4) is 11.1 Å². The zero-order valence-corrected chi connectivity index (χ0v) is 19.2. The van der Waals surface area contributed by atoms with Gasteiger partial charge in [-0.1, -0.05) is 77.3 Å². The number of aromatic nitrogens is 2. The minimum atomic E-state index is -0.212. The van der Waals surface area contributed by atoms with E-state index in [-0.39, 0.29) is 5.91 Å². The van der Waals surface area contributed by atoms with Crippen molar-refractivity contribution in [1.82, 2.24) is 15.1 Å². The lowest BCUT2D eigenvalue weighted by molar-refractivity contribution is 0.0954. The van der Waals surface area contributed by atoms with Crippen LogP contribution in [0.2, 0.25) is 10.0 Å². The lowest BCUT2D eigenvalue weighted by Crippen LogP contribution is -2.26. The van der Waals surface area contributed by atoms with Crippen LogP contribution in [0.15, 0.2) is 79.1 Å². The van der Waals surface area contributed by atoms with Gasteiger partial charge < -0.3 is 5.32 Å². The van der Waals surface area contributed by atoms with E-state index in [0.29, 0.717) is 35.1 Å². The molecule has 0 fully saturated rings. The Bertz CT molecular complexity index is 1230. The number of benzene rings is 3. The Kier molecular flexibility index (Phi) is 6.93. The zero-order valence-electron chi connectivity index (χ0n) is 17.7. The number of amides is 1. The molecular weight excluding hydrogens is 441 g/mol. The number of hydrogen-bond acceptors (Lipinski definition) is 2. The highest BCUT2D eigenvalue weighted by molar-refractivity contribution is 6.34. The summed E-state index contributed by atoms with van der Waals surface area (Å²) in [4.78, 5) is 12.7. The molecule has 32 heavy (non-hydrogen) atoms. The second-order valence-electron chi connectivity index (χ2n) is 7.70. The fraction of sp³-hybridized carbons (Fsp3) is 0.154. The molecule has 1 N–H and O–H groups in total. The van der Waals surface area contributed by atoms with E-state index in [1.807, 2.05) is 41.2 Å². The number of nitrogens with zero attached hydrogens (tertiary/aromatic N) is 2. The van der Waals surface area contributed by atoms with Gasteiger partial charge in [-0.05, 0) is 48.2 Å². The summed E-state index contributed by atoms with van der Waals surface area (Å²) in [5, 5.41) is 8.51. The van der Waals surface area contributed by atoms with Gasteiger partial charge in [-0.3, -0.25) is 9.48 Å². The third-order valence-corrected chi connectivity index (χ3v) is 5.98. The SMILES string of the molecule is Cc1ccc(Cn2cc(-c3ccc(Cl)c(C(=O)NCCc4ccccc4Cl)c3)cn2)cc1. The third kappa shape index (κ3) is 5.39. The van der Waals surface area contributed by atoms with Crippen molar-refractivity contribution in [3.63, 3.8) is 0 Å². The summed E-state index contributed by atoms with van der Waals surface area (Å²) in [7, 11) is 0. The Morgan fingerprint density at radius 1 is 0.969 bits per heavy atom. The van der Waals surface area contributed by atoms with Gasteiger partial charge in [-0.2, -0.15) is 5.10 Å². The standard InChI is InChI=1S/C26H23Cl2N3O/c1-18-6-8-19(9-7-18)16-31-17-22(15-30-31)21-10-11-25(28)23(14-21)26(32)29-13-12-20-4-2-3-5-24(20)27/h2-11,14-15,17H,12-13,16H2,1H3,(H,29,32). The van der Waals surface area contributed by atoms with E-state index < -0.39 is 0 Å². The molecule has 162 valence electrons. The lowest BCUT2D eigenvalue weighted by Gasteiger charge is -2.09. The molecule has 4 aromatic rings. The molecule has 1 amide bonds. The first-order valence-electron chi connectivity index (χ1n) is 10.4. The van der Waals surface area contributed by atoms with Crippen molar-refractivity contribution in [2.45, 2.75) is 19.9 Å².